The van der Waals surface area contributed by atoms with Crippen molar-refractivity contribution < 1.29 is 17.2 Å². The molecule has 0 aliphatic rings. The Morgan fingerprint density at radius 2 is 1.93 bits per heavy atom. The summed E-state index contributed by atoms with van der Waals surface area (Å²) in [5.41, 5.74) is 1.78. The lowest BCUT2D eigenvalue weighted by atomic mass is 10.2. The Morgan fingerprint density at radius 1 is 1.22 bits per heavy atom. The molecule has 3 aromatic rings. The number of thiazole rings is 1. The van der Waals surface area contributed by atoms with E-state index in [0.717, 1.165) is 16.3 Å². The summed E-state index contributed by atoms with van der Waals surface area (Å²) >= 11 is 1.44. The number of hydrogen-bond donors (Lipinski definition) is 1. The molecule has 0 atom stereocenters. The molecule has 0 saturated heterocycles. The number of rotatable bonds is 7. The number of halogens is 2. The van der Waals surface area contributed by atoms with Crippen molar-refractivity contribution in [1.29, 1.82) is 0 Å². The van der Waals surface area contributed by atoms with E-state index in [4.69, 9.17) is 0 Å². The minimum atomic E-state index is -3.94. The first-order chi connectivity index (χ1) is 12.8. The zero-order valence-corrected chi connectivity index (χ0v) is 16.3. The third kappa shape index (κ3) is 4.23. The van der Waals surface area contributed by atoms with E-state index in [1.807, 2.05) is 35.7 Å². The Kier molecular flexibility index (Phi) is 5.68. The number of aromatic nitrogens is 3. The molecule has 0 fully saturated rings. The third-order valence-electron chi connectivity index (χ3n) is 3.96. The molecule has 1 N–H and O–H groups in total. The predicted molar refractivity (Wildman–Crippen MR) is 99.4 cm³/mol. The van der Waals surface area contributed by atoms with Gasteiger partial charge in [0.2, 0.25) is 10.0 Å². The fourth-order valence-corrected chi connectivity index (χ4v) is 4.99. The number of nitrogens with one attached hydrogen (secondary N) is 1. The van der Waals surface area contributed by atoms with Crippen molar-refractivity contribution in [2.45, 2.75) is 31.7 Å². The number of hydrogen-bond acceptors (Lipinski definition) is 5. The fourth-order valence-electron chi connectivity index (χ4n) is 2.76. The highest BCUT2D eigenvalue weighted by Crippen LogP contribution is 2.24. The topological polar surface area (TPSA) is 76.9 Å². The standard InChI is InChI=1S/C17H18F2N4O2S2/c1-11-16(12(2)23(22-11)17(18)19)27(24,25)20-9-8-15-21-14(10-26-15)13-6-4-3-5-7-13/h3-7,10,17,20H,8-9H2,1-2H3. The molecule has 6 nitrogen and oxygen atoms in total. The summed E-state index contributed by atoms with van der Waals surface area (Å²) in [6.07, 6.45) is 0.401. The molecule has 10 heteroatoms. The first-order valence-corrected chi connectivity index (χ1v) is 10.5. The number of nitrogens with zero attached hydrogens (tertiary/aromatic N) is 3. The minimum Gasteiger partial charge on any atom is -0.241 e. The van der Waals surface area contributed by atoms with Crippen molar-refractivity contribution in [3.05, 3.63) is 52.1 Å². The largest absolute Gasteiger partial charge is 0.333 e. The van der Waals surface area contributed by atoms with Gasteiger partial charge in [-0.1, -0.05) is 30.3 Å². The highest BCUT2D eigenvalue weighted by Gasteiger charge is 2.26. The van der Waals surface area contributed by atoms with Crippen molar-refractivity contribution in [2.75, 3.05) is 6.54 Å². The third-order valence-corrected chi connectivity index (χ3v) is 6.59. The van der Waals surface area contributed by atoms with Gasteiger partial charge in [0, 0.05) is 23.9 Å². The summed E-state index contributed by atoms with van der Waals surface area (Å²) in [4.78, 5) is 4.30. The molecule has 0 saturated carbocycles. The van der Waals surface area contributed by atoms with Crippen LogP contribution in [0, 0.1) is 13.8 Å². The van der Waals surface area contributed by atoms with Crippen LogP contribution in [0.15, 0.2) is 40.6 Å². The van der Waals surface area contributed by atoms with E-state index < -0.39 is 16.6 Å². The Morgan fingerprint density at radius 3 is 2.56 bits per heavy atom. The van der Waals surface area contributed by atoms with E-state index in [1.54, 1.807) is 0 Å². The summed E-state index contributed by atoms with van der Waals surface area (Å²) in [7, 11) is -3.94. The van der Waals surface area contributed by atoms with Gasteiger partial charge in [-0.25, -0.2) is 22.8 Å². The Labute approximate surface area is 159 Å². The van der Waals surface area contributed by atoms with Gasteiger partial charge < -0.3 is 0 Å². The number of aryl methyl sites for hydroxylation is 1. The molecular formula is C17H18F2N4O2S2. The molecule has 0 bridgehead atoms. The van der Waals surface area contributed by atoms with Crippen LogP contribution in [0.4, 0.5) is 8.78 Å². The van der Waals surface area contributed by atoms with Crippen LogP contribution in [0.2, 0.25) is 0 Å². The monoisotopic (exact) mass is 412 g/mol. The van der Waals surface area contributed by atoms with Crippen molar-refractivity contribution in [2.24, 2.45) is 0 Å². The molecule has 2 aromatic heterocycles. The highest BCUT2D eigenvalue weighted by atomic mass is 32.2. The van der Waals surface area contributed by atoms with Crippen molar-refractivity contribution in [3.63, 3.8) is 0 Å². The summed E-state index contributed by atoms with van der Waals surface area (Å²) in [6, 6.07) is 9.67. The van der Waals surface area contributed by atoms with Crippen LogP contribution in [-0.2, 0) is 16.4 Å². The Balaban J connectivity index is 1.68. The molecule has 3 rings (SSSR count). The fraction of sp³-hybridized carbons (Fsp3) is 0.294. The van der Waals surface area contributed by atoms with Gasteiger partial charge in [0.05, 0.1) is 22.1 Å². The first-order valence-electron chi connectivity index (χ1n) is 8.13. The van der Waals surface area contributed by atoms with Gasteiger partial charge in [-0.3, -0.25) is 0 Å². The van der Waals surface area contributed by atoms with Crippen molar-refractivity contribution in [3.8, 4) is 11.3 Å². The first kappa shape index (κ1) is 19.6. The van der Waals surface area contributed by atoms with E-state index in [1.165, 1.54) is 25.2 Å². The van der Waals surface area contributed by atoms with Gasteiger partial charge in [-0.05, 0) is 13.8 Å². The van der Waals surface area contributed by atoms with Gasteiger partial charge in [0.1, 0.15) is 4.90 Å². The van der Waals surface area contributed by atoms with Crippen LogP contribution < -0.4 is 4.72 Å². The van der Waals surface area contributed by atoms with E-state index >= 15 is 0 Å². The number of alkyl halides is 2. The molecule has 2 heterocycles. The average Bonchev–Trinajstić information content (AvgIpc) is 3.20. The zero-order chi connectivity index (χ0) is 19.6. The summed E-state index contributed by atoms with van der Waals surface area (Å²) in [5, 5.41) is 6.32. The lowest BCUT2D eigenvalue weighted by molar-refractivity contribution is 0.0538. The smallest absolute Gasteiger partial charge is 0.241 e. The van der Waals surface area contributed by atoms with Gasteiger partial charge in [0.25, 0.3) is 0 Å². The van der Waals surface area contributed by atoms with Gasteiger partial charge in [0.15, 0.2) is 0 Å². The van der Waals surface area contributed by atoms with Crippen LogP contribution in [0.5, 0.6) is 0 Å². The molecule has 0 radical (unpaired) electrons. The molecule has 1 aromatic carbocycles. The second-order valence-corrected chi connectivity index (χ2v) is 8.51. The van der Waals surface area contributed by atoms with Crippen molar-refractivity contribution >= 4 is 21.4 Å². The summed E-state index contributed by atoms with van der Waals surface area (Å²) in [5.74, 6) is 0. The molecule has 0 aliphatic heterocycles. The molecular weight excluding hydrogens is 394 g/mol. The number of benzene rings is 1. The molecule has 144 valence electrons. The molecule has 0 unspecified atom stereocenters. The van der Waals surface area contributed by atoms with E-state index in [9.17, 15) is 17.2 Å². The minimum absolute atomic E-state index is 0.0425. The second-order valence-electron chi connectivity index (χ2n) is 5.86. The van der Waals surface area contributed by atoms with Crippen molar-refractivity contribution in [1.82, 2.24) is 19.5 Å². The SMILES string of the molecule is Cc1nn(C(F)F)c(C)c1S(=O)(=O)NCCc1nc(-c2ccccc2)cs1. The average molecular weight is 412 g/mol. The maximum atomic E-state index is 12.9. The number of sulfonamides is 1. The van der Waals surface area contributed by atoms with E-state index in [-0.39, 0.29) is 22.8 Å². The van der Waals surface area contributed by atoms with Gasteiger partial charge >= 0.3 is 6.55 Å². The Hall–Kier alpha value is -2.17. The van der Waals surface area contributed by atoms with Crippen LogP contribution >= 0.6 is 11.3 Å². The van der Waals surface area contributed by atoms with E-state index in [2.05, 4.69) is 14.8 Å². The maximum absolute atomic E-state index is 12.9. The lowest BCUT2D eigenvalue weighted by Gasteiger charge is -2.07. The van der Waals surface area contributed by atoms with Crippen LogP contribution in [0.25, 0.3) is 11.3 Å². The molecule has 0 aliphatic carbocycles. The summed E-state index contributed by atoms with van der Waals surface area (Å²) in [6.45, 7) is -0.0661. The van der Waals surface area contributed by atoms with E-state index in [0.29, 0.717) is 11.1 Å². The zero-order valence-electron chi connectivity index (χ0n) is 14.7. The van der Waals surface area contributed by atoms with Crippen LogP contribution in [0.1, 0.15) is 22.9 Å². The quantitative estimate of drug-likeness (QED) is 0.644. The van der Waals surface area contributed by atoms with Crippen LogP contribution in [-0.4, -0.2) is 29.7 Å². The highest BCUT2D eigenvalue weighted by molar-refractivity contribution is 7.89. The Bertz CT molecular complexity index is 1030. The lowest BCUT2D eigenvalue weighted by Crippen LogP contribution is -2.27. The molecule has 0 spiro atoms. The van der Waals surface area contributed by atoms with Gasteiger partial charge in [-0.2, -0.15) is 13.9 Å². The second kappa shape index (κ2) is 7.83. The molecule has 27 heavy (non-hydrogen) atoms. The van der Waals surface area contributed by atoms with Gasteiger partial charge in [-0.15, -0.1) is 11.3 Å². The van der Waals surface area contributed by atoms with Crippen LogP contribution in [0.3, 0.4) is 0 Å². The predicted octanol–water partition coefficient (Wildman–Crippen LogP) is 3.54. The molecule has 0 amide bonds. The maximum Gasteiger partial charge on any atom is 0.333 e. The normalized spacial score (nSPS) is 12.0. The summed E-state index contributed by atoms with van der Waals surface area (Å²) < 4.78 is 53.7.